The molecule has 11 heteroatoms. The van der Waals surface area contributed by atoms with E-state index in [-0.39, 0.29) is 24.5 Å². The van der Waals surface area contributed by atoms with Crippen LogP contribution in [-0.4, -0.2) is 75.0 Å². The second kappa shape index (κ2) is 12.3. The molecule has 258 valence electrons. The molecule has 0 radical (unpaired) electrons. The molecule has 2 N–H and O–H groups in total. The van der Waals surface area contributed by atoms with E-state index in [1.807, 2.05) is 13.8 Å². The van der Waals surface area contributed by atoms with Crippen LogP contribution in [0.2, 0.25) is 0 Å². The van der Waals surface area contributed by atoms with Crippen molar-refractivity contribution in [2.24, 2.45) is 28.6 Å². The summed E-state index contributed by atoms with van der Waals surface area (Å²) in [5.41, 5.74) is -4.73. The summed E-state index contributed by atoms with van der Waals surface area (Å²) in [4.78, 5) is 61.7. The first-order valence-electron chi connectivity index (χ1n) is 16.5. The highest BCUT2D eigenvalue weighted by Crippen LogP contribution is 2.69. The van der Waals surface area contributed by atoms with Gasteiger partial charge in [0.1, 0.15) is 29.5 Å². The minimum absolute atomic E-state index is 0.162. The van der Waals surface area contributed by atoms with Gasteiger partial charge in [0, 0.05) is 39.0 Å². The summed E-state index contributed by atoms with van der Waals surface area (Å²) in [6.07, 6.45) is 2.10. The maximum Gasteiger partial charge on any atom is 0.303 e. The lowest BCUT2D eigenvalue weighted by Crippen LogP contribution is -2.63. The van der Waals surface area contributed by atoms with E-state index in [4.69, 9.17) is 18.9 Å². The number of esters is 4. The molecule has 0 heterocycles. The Bertz CT molecular complexity index is 1300. The number of ketones is 1. The van der Waals surface area contributed by atoms with Crippen LogP contribution in [0.4, 0.5) is 0 Å². The second-order valence-corrected chi connectivity index (χ2v) is 15.5. The second-order valence-electron chi connectivity index (χ2n) is 15.5. The van der Waals surface area contributed by atoms with Gasteiger partial charge in [0.2, 0.25) is 0 Å². The lowest BCUT2D eigenvalue weighted by atomic mass is 9.45. The Balaban J connectivity index is 1.67. The molecule has 0 saturated heterocycles. The highest BCUT2D eigenvalue weighted by molar-refractivity contribution is 5.95. The molecule has 0 unspecified atom stereocenters. The van der Waals surface area contributed by atoms with Crippen LogP contribution in [0, 0.1) is 28.6 Å². The average molecular weight is 649 g/mol. The predicted octanol–water partition coefficient (Wildman–Crippen LogP) is 4.14. The molecule has 0 amide bonds. The van der Waals surface area contributed by atoms with Crippen molar-refractivity contribution in [3.05, 3.63) is 11.6 Å². The van der Waals surface area contributed by atoms with Crippen molar-refractivity contribution in [1.82, 2.24) is 0 Å². The van der Waals surface area contributed by atoms with Crippen molar-refractivity contribution in [3.8, 4) is 0 Å². The third-order valence-corrected chi connectivity index (χ3v) is 11.8. The molecule has 0 spiro atoms. The van der Waals surface area contributed by atoms with Gasteiger partial charge in [-0.2, -0.15) is 0 Å². The lowest BCUT2D eigenvalue weighted by molar-refractivity contribution is -0.197. The van der Waals surface area contributed by atoms with Crippen molar-refractivity contribution >= 4 is 29.7 Å². The Morgan fingerprint density at radius 3 is 2.09 bits per heavy atom. The number of fused-ring (bicyclic) bond motifs is 5. The van der Waals surface area contributed by atoms with Gasteiger partial charge in [-0.15, -0.1) is 0 Å². The fraction of sp³-hybridized carbons (Fsp3) is 0.800. The van der Waals surface area contributed by atoms with Gasteiger partial charge in [-0.1, -0.05) is 13.8 Å². The van der Waals surface area contributed by atoms with Crippen LogP contribution in [0.3, 0.4) is 0 Å². The van der Waals surface area contributed by atoms with Gasteiger partial charge in [0.05, 0.1) is 5.60 Å². The van der Waals surface area contributed by atoms with Crippen LogP contribution in [0.1, 0.15) is 114 Å². The largest absolute Gasteiger partial charge is 0.460 e. The normalized spacial score (nSPS) is 37.3. The summed E-state index contributed by atoms with van der Waals surface area (Å²) in [6.45, 7) is 14.3. The first kappa shape index (κ1) is 36.1. The molecule has 0 aromatic carbocycles. The number of aliphatic hydroxyl groups is 2. The Kier molecular flexibility index (Phi) is 9.67. The first-order valence-corrected chi connectivity index (χ1v) is 16.5. The maximum absolute atomic E-state index is 13.9. The number of hydrogen-bond donors (Lipinski definition) is 2. The Labute approximate surface area is 271 Å². The van der Waals surface area contributed by atoms with Gasteiger partial charge in [-0.25, -0.2) is 0 Å². The molecule has 0 aromatic rings. The fourth-order valence-electron chi connectivity index (χ4n) is 9.75. The summed E-state index contributed by atoms with van der Waals surface area (Å²) in [5, 5.41) is 24.9. The van der Waals surface area contributed by atoms with E-state index in [1.54, 1.807) is 26.8 Å². The van der Waals surface area contributed by atoms with Crippen LogP contribution in [0.25, 0.3) is 0 Å². The van der Waals surface area contributed by atoms with Crippen molar-refractivity contribution in [2.75, 3.05) is 0 Å². The first-order chi connectivity index (χ1) is 21.1. The number of rotatable bonds is 9. The zero-order valence-corrected chi connectivity index (χ0v) is 28.8. The molecular formula is C35H52O11. The third-order valence-electron chi connectivity index (χ3n) is 11.8. The fourth-order valence-corrected chi connectivity index (χ4v) is 9.75. The molecule has 0 aliphatic heterocycles. The number of carbonyl (C=O) groups excluding carboxylic acids is 5. The molecular weight excluding hydrogens is 596 g/mol. The molecule has 3 saturated carbocycles. The van der Waals surface area contributed by atoms with Crippen molar-refractivity contribution in [3.63, 3.8) is 0 Å². The molecule has 4 rings (SSSR count). The number of ether oxygens (including phenoxy) is 4. The number of allylic oxidation sites excluding steroid dienone is 1. The average Bonchev–Trinajstić information content (AvgIpc) is 3.18. The van der Waals surface area contributed by atoms with Crippen molar-refractivity contribution in [2.45, 2.75) is 149 Å². The van der Waals surface area contributed by atoms with Crippen molar-refractivity contribution < 1.29 is 53.1 Å². The van der Waals surface area contributed by atoms with Gasteiger partial charge >= 0.3 is 23.9 Å². The summed E-state index contributed by atoms with van der Waals surface area (Å²) in [7, 11) is 0. The van der Waals surface area contributed by atoms with Gasteiger partial charge in [-0.3, -0.25) is 24.0 Å². The molecule has 10 atom stereocenters. The quantitative estimate of drug-likeness (QED) is 0.273. The lowest BCUT2D eigenvalue weighted by Gasteiger charge is -2.61. The summed E-state index contributed by atoms with van der Waals surface area (Å²) >= 11 is 0. The van der Waals surface area contributed by atoms with E-state index < -0.39 is 81.7 Å². The Hall–Kier alpha value is -2.79. The van der Waals surface area contributed by atoms with Crippen LogP contribution in [0.15, 0.2) is 11.6 Å². The van der Waals surface area contributed by atoms with E-state index in [0.717, 1.165) is 0 Å². The topological polar surface area (TPSA) is 163 Å². The molecule has 4 aliphatic carbocycles. The van der Waals surface area contributed by atoms with E-state index in [2.05, 4.69) is 0 Å². The molecule has 3 fully saturated rings. The standard InChI is InChI=1S/C35H52O11/c1-19(36)43-27-17-25-26(40)16-24-23(32(25,7)18-28(27)44-20(2)37)10-14-33(8)29(11-15-35(24,33)42)34(9,41)30(45-21(3)38)12-13-31(5,6)46-22(4)39/h16,23,25,27-30,41-42H,10-15,17-18H2,1-9H3/t23-,25-,27+,28-,29-,30+,32+,33+,34+,35+/m0/s1. The highest BCUT2D eigenvalue weighted by Gasteiger charge is 2.69. The summed E-state index contributed by atoms with van der Waals surface area (Å²) in [5.74, 6) is -3.36. The maximum atomic E-state index is 13.9. The van der Waals surface area contributed by atoms with Gasteiger partial charge in [-0.05, 0) is 101 Å². The van der Waals surface area contributed by atoms with Crippen LogP contribution in [-0.2, 0) is 42.9 Å². The van der Waals surface area contributed by atoms with Gasteiger partial charge < -0.3 is 29.2 Å². The third kappa shape index (κ3) is 6.38. The molecule has 11 nitrogen and oxygen atoms in total. The molecule has 0 bridgehead atoms. The van der Waals surface area contributed by atoms with E-state index in [1.165, 1.54) is 27.7 Å². The van der Waals surface area contributed by atoms with Crippen LogP contribution < -0.4 is 0 Å². The van der Waals surface area contributed by atoms with Crippen molar-refractivity contribution in [1.29, 1.82) is 0 Å². The monoisotopic (exact) mass is 648 g/mol. The van der Waals surface area contributed by atoms with E-state index >= 15 is 0 Å². The van der Waals surface area contributed by atoms with Crippen LogP contribution >= 0.6 is 0 Å². The summed E-state index contributed by atoms with van der Waals surface area (Å²) < 4.78 is 22.3. The minimum Gasteiger partial charge on any atom is -0.460 e. The Morgan fingerprint density at radius 2 is 1.52 bits per heavy atom. The summed E-state index contributed by atoms with van der Waals surface area (Å²) in [6, 6.07) is 0. The molecule has 4 aliphatic rings. The zero-order valence-electron chi connectivity index (χ0n) is 28.8. The van der Waals surface area contributed by atoms with Crippen LogP contribution in [0.5, 0.6) is 0 Å². The van der Waals surface area contributed by atoms with Gasteiger partial charge in [0.25, 0.3) is 0 Å². The molecule has 0 aromatic heterocycles. The minimum atomic E-state index is -1.56. The van der Waals surface area contributed by atoms with Gasteiger partial charge in [0.15, 0.2) is 5.78 Å². The smallest absolute Gasteiger partial charge is 0.303 e. The SMILES string of the molecule is CC(=O)O[C@H]1C[C@@]2(C)[C@@H](C[C@H]1OC(C)=O)C(=O)C=C1[C@@H]2CC[C@]2(C)[C@@H]([C@@](C)(O)[C@@H](CCC(C)(C)OC(C)=O)OC(C)=O)CC[C@@]12O. The van der Waals surface area contributed by atoms with E-state index in [0.29, 0.717) is 44.1 Å². The number of hydrogen-bond acceptors (Lipinski definition) is 11. The highest BCUT2D eigenvalue weighted by atomic mass is 16.6. The number of carbonyl (C=O) groups is 5. The Morgan fingerprint density at radius 1 is 0.913 bits per heavy atom. The zero-order chi connectivity index (χ0) is 34.6. The molecule has 46 heavy (non-hydrogen) atoms. The van der Waals surface area contributed by atoms with E-state index in [9.17, 15) is 34.2 Å². The predicted molar refractivity (Wildman–Crippen MR) is 165 cm³/mol.